The Bertz CT molecular complexity index is 844. The molecule has 3 rings (SSSR count). The Morgan fingerprint density at radius 3 is 2.73 bits per heavy atom. The minimum Gasteiger partial charge on any atom is -0.360 e. The van der Waals surface area contributed by atoms with Crippen molar-refractivity contribution in [1.82, 2.24) is 4.98 Å². The molecule has 0 unspecified atom stereocenters. The van der Waals surface area contributed by atoms with Crippen LogP contribution in [-0.4, -0.2) is 16.0 Å². The van der Waals surface area contributed by atoms with Crippen LogP contribution >= 0.6 is 11.8 Å². The number of benzene rings is 2. The van der Waals surface area contributed by atoms with E-state index in [-0.39, 0.29) is 10.7 Å². The van der Waals surface area contributed by atoms with Crippen molar-refractivity contribution in [3.05, 3.63) is 65.9 Å². The van der Waals surface area contributed by atoms with Crippen LogP contribution in [0.5, 0.6) is 0 Å². The minimum atomic E-state index is -0.649. The van der Waals surface area contributed by atoms with Gasteiger partial charge in [0.2, 0.25) is 0 Å². The molecule has 2 aromatic carbocycles. The Morgan fingerprint density at radius 1 is 1.18 bits per heavy atom. The lowest BCUT2D eigenvalue weighted by Crippen LogP contribution is -2.13. The molecule has 0 radical (unpaired) electrons. The zero-order valence-corrected chi connectivity index (χ0v) is 12.6. The molecule has 0 bridgehead atoms. The Hall–Kier alpha value is -2.14. The molecule has 0 aliphatic heterocycles. The fourth-order valence-electron chi connectivity index (χ4n) is 2.31. The van der Waals surface area contributed by atoms with Gasteiger partial charge in [-0.3, -0.25) is 4.79 Å². The van der Waals surface area contributed by atoms with Crippen molar-refractivity contribution in [1.29, 1.82) is 0 Å². The van der Waals surface area contributed by atoms with Crippen molar-refractivity contribution >= 4 is 28.4 Å². The summed E-state index contributed by atoms with van der Waals surface area (Å²) in [5.41, 5.74) is 1.47. The summed E-state index contributed by atoms with van der Waals surface area (Å²) in [6.07, 6.45) is 1.67. The third-order valence-electron chi connectivity index (χ3n) is 3.42. The molecule has 2 nitrogen and oxygen atoms in total. The topological polar surface area (TPSA) is 32.9 Å². The van der Waals surface area contributed by atoms with Crippen LogP contribution in [0.1, 0.15) is 17.3 Å². The smallest absolute Gasteiger partial charge is 0.178 e. The average molecular weight is 317 g/mol. The molecule has 5 heteroatoms. The fraction of sp³-hybridized carbons (Fsp3) is 0.118. The lowest BCUT2D eigenvalue weighted by molar-refractivity contribution is 0.0995. The number of rotatable bonds is 4. The number of nitrogens with one attached hydrogen (secondary N) is 1. The lowest BCUT2D eigenvalue weighted by Gasteiger charge is -2.10. The van der Waals surface area contributed by atoms with E-state index in [2.05, 4.69) is 4.98 Å². The number of para-hydroxylation sites is 1. The fourth-order valence-corrected chi connectivity index (χ4v) is 3.24. The highest BCUT2D eigenvalue weighted by Crippen LogP contribution is 2.30. The van der Waals surface area contributed by atoms with Crippen molar-refractivity contribution in [2.24, 2.45) is 0 Å². The summed E-state index contributed by atoms with van der Waals surface area (Å²) in [4.78, 5) is 15.9. The number of aromatic amines is 1. The first-order valence-electron chi connectivity index (χ1n) is 6.78. The van der Waals surface area contributed by atoms with E-state index in [9.17, 15) is 13.6 Å². The average Bonchev–Trinajstić information content (AvgIpc) is 2.93. The molecule has 0 aliphatic rings. The van der Waals surface area contributed by atoms with Gasteiger partial charge in [0.15, 0.2) is 5.78 Å². The van der Waals surface area contributed by atoms with E-state index in [0.717, 1.165) is 28.7 Å². The van der Waals surface area contributed by atoms with Gasteiger partial charge in [-0.1, -0.05) is 18.2 Å². The molecule has 0 spiro atoms. The highest BCUT2D eigenvalue weighted by atomic mass is 32.2. The quantitative estimate of drug-likeness (QED) is 0.553. The van der Waals surface area contributed by atoms with Crippen molar-refractivity contribution in [3.8, 4) is 0 Å². The summed E-state index contributed by atoms with van der Waals surface area (Å²) < 4.78 is 26.6. The van der Waals surface area contributed by atoms with Crippen molar-refractivity contribution in [2.75, 3.05) is 0 Å². The molecule has 3 aromatic rings. The van der Waals surface area contributed by atoms with Crippen LogP contribution in [0.4, 0.5) is 8.78 Å². The first kappa shape index (κ1) is 14.8. The second-order valence-corrected chi connectivity index (χ2v) is 6.33. The number of carbonyl (C=O) groups is 1. The van der Waals surface area contributed by atoms with E-state index < -0.39 is 16.9 Å². The molecular weight excluding hydrogens is 304 g/mol. The van der Waals surface area contributed by atoms with Gasteiger partial charge in [-0.2, -0.15) is 0 Å². The first-order chi connectivity index (χ1) is 10.6. The molecule has 1 aromatic heterocycles. The Kier molecular flexibility index (Phi) is 3.98. The third-order valence-corrected chi connectivity index (χ3v) is 4.57. The molecule has 0 saturated heterocycles. The lowest BCUT2D eigenvalue weighted by atomic mass is 10.1. The van der Waals surface area contributed by atoms with Crippen molar-refractivity contribution in [3.63, 3.8) is 0 Å². The van der Waals surface area contributed by atoms with E-state index in [1.807, 2.05) is 24.3 Å². The van der Waals surface area contributed by atoms with E-state index in [0.29, 0.717) is 5.56 Å². The predicted molar refractivity (Wildman–Crippen MR) is 84.3 cm³/mol. The number of hydrogen-bond acceptors (Lipinski definition) is 2. The number of Topliss-reactive ketones (excluding diaryl/α,β-unsaturated/α-hetero) is 1. The maximum atomic E-state index is 13.7. The number of H-pyrrole nitrogens is 1. The Balaban J connectivity index is 1.85. The van der Waals surface area contributed by atoms with Crippen LogP contribution in [0.15, 0.2) is 53.6 Å². The Labute approximate surface area is 130 Å². The number of hydrogen-bond donors (Lipinski definition) is 1. The van der Waals surface area contributed by atoms with Crippen LogP contribution in [0, 0.1) is 11.6 Å². The largest absolute Gasteiger partial charge is 0.360 e. The minimum absolute atomic E-state index is 0.0915. The van der Waals surface area contributed by atoms with Gasteiger partial charge in [0.05, 0.1) is 5.25 Å². The first-order valence-corrected chi connectivity index (χ1v) is 7.66. The molecule has 22 heavy (non-hydrogen) atoms. The van der Waals surface area contributed by atoms with E-state index in [1.165, 1.54) is 12.1 Å². The number of thioether (sulfide) groups is 1. The van der Waals surface area contributed by atoms with Gasteiger partial charge >= 0.3 is 0 Å². The van der Waals surface area contributed by atoms with Gasteiger partial charge in [-0.15, -0.1) is 11.8 Å². The molecule has 1 N–H and O–H groups in total. The maximum absolute atomic E-state index is 13.7. The van der Waals surface area contributed by atoms with Crippen LogP contribution < -0.4 is 0 Å². The van der Waals surface area contributed by atoms with Crippen LogP contribution in [-0.2, 0) is 0 Å². The van der Waals surface area contributed by atoms with Crippen LogP contribution in [0.3, 0.4) is 0 Å². The molecule has 1 heterocycles. The Morgan fingerprint density at radius 2 is 1.95 bits per heavy atom. The van der Waals surface area contributed by atoms with Gasteiger partial charge in [-0.25, -0.2) is 8.78 Å². The second-order valence-electron chi connectivity index (χ2n) is 4.95. The number of halogens is 2. The summed E-state index contributed by atoms with van der Waals surface area (Å²) in [6.45, 7) is 1.72. The van der Waals surface area contributed by atoms with E-state index >= 15 is 0 Å². The number of fused-ring (bicyclic) bond motifs is 1. The normalized spacial score (nSPS) is 12.5. The molecule has 0 saturated carbocycles. The molecular formula is C17H13F2NOS. The van der Waals surface area contributed by atoms with Crippen molar-refractivity contribution < 1.29 is 13.6 Å². The molecule has 0 amide bonds. The number of aromatic nitrogens is 1. The van der Waals surface area contributed by atoms with Gasteiger partial charge < -0.3 is 4.98 Å². The van der Waals surface area contributed by atoms with Crippen molar-refractivity contribution in [2.45, 2.75) is 17.1 Å². The summed E-state index contributed by atoms with van der Waals surface area (Å²) >= 11 is 1.09. The van der Waals surface area contributed by atoms with E-state index in [4.69, 9.17) is 0 Å². The highest BCUT2D eigenvalue weighted by Gasteiger charge is 2.21. The molecule has 1 atom stereocenters. The number of ketones is 1. The third kappa shape index (κ3) is 2.76. The van der Waals surface area contributed by atoms with Gasteiger partial charge in [-0.05, 0) is 25.1 Å². The molecule has 0 fully saturated rings. The summed E-state index contributed by atoms with van der Waals surface area (Å²) in [5.74, 6) is -1.37. The van der Waals surface area contributed by atoms with Crippen LogP contribution in [0.25, 0.3) is 10.9 Å². The van der Waals surface area contributed by atoms with E-state index in [1.54, 1.807) is 13.1 Å². The van der Waals surface area contributed by atoms with Gasteiger partial charge in [0, 0.05) is 33.6 Å². The summed E-state index contributed by atoms with van der Waals surface area (Å²) in [6, 6.07) is 10.9. The molecule has 0 aliphatic carbocycles. The second kappa shape index (κ2) is 5.93. The molecule has 112 valence electrons. The van der Waals surface area contributed by atoms with Gasteiger partial charge in [0.1, 0.15) is 11.6 Å². The predicted octanol–water partition coefficient (Wildman–Crippen LogP) is 4.81. The monoisotopic (exact) mass is 317 g/mol. The maximum Gasteiger partial charge on any atom is 0.178 e. The standard InChI is InChI=1S/C17H13F2NOS/c1-10(22-16-7-6-11(18)8-14(16)19)17(21)13-9-20-15-5-3-2-4-12(13)15/h2-10,20H,1H3/t10-/m1/s1. The number of carbonyl (C=O) groups excluding carboxylic acids is 1. The van der Waals surface area contributed by atoms with Crippen LogP contribution in [0.2, 0.25) is 0 Å². The zero-order chi connectivity index (χ0) is 15.7. The highest BCUT2D eigenvalue weighted by molar-refractivity contribution is 8.00. The zero-order valence-electron chi connectivity index (χ0n) is 11.8. The van der Waals surface area contributed by atoms with Gasteiger partial charge in [0.25, 0.3) is 0 Å². The summed E-state index contributed by atoms with van der Waals surface area (Å²) in [7, 11) is 0. The summed E-state index contributed by atoms with van der Waals surface area (Å²) in [5, 5.41) is 0.374. The SMILES string of the molecule is C[C@@H](Sc1ccc(F)cc1F)C(=O)c1c[nH]c2ccccc12.